The van der Waals surface area contributed by atoms with Crippen LogP contribution in [0.25, 0.3) is 5.69 Å². The molecule has 2 aromatic rings. The van der Waals surface area contributed by atoms with Crippen LogP contribution in [0.5, 0.6) is 0 Å². The van der Waals surface area contributed by atoms with Gasteiger partial charge in [-0.2, -0.15) is 5.10 Å². The molecule has 1 heterocycles. The summed E-state index contributed by atoms with van der Waals surface area (Å²) < 4.78 is 2.04. The molecule has 1 aromatic carbocycles. The molecule has 0 amide bonds. The number of aryl methyl sites for hydroxylation is 1. The number of para-hydroxylation sites is 1. The number of aromatic nitrogens is 2. The molecule has 0 spiro atoms. The molecule has 0 unspecified atom stereocenters. The maximum Gasteiger partial charge on any atom is 0.117 e. The summed E-state index contributed by atoms with van der Waals surface area (Å²) in [6.07, 6.45) is 7.98. The molecule has 1 radical (unpaired) electrons. The van der Waals surface area contributed by atoms with Gasteiger partial charge in [-0.3, -0.25) is 0 Å². The maximum absolute atomic E-state index is 4.36. The second-order valence-electron chi connectivity index (χ2n) is 3.99. The lowest BCUT2D eigenvalue weighted by Gasteiger charge is -2.13. The van der Waals surface area contributed by atoms with Gasteiger partial charge in [-0.15, -0.1) is 0 Å². The van der Waals surface area contributed by atoms with Gasteiger partial charge in [0.25, 0.3) is 0 Å². The second-order valence-corrected chi connectivity index (χ2v) is 3.99. The normalized spacial score (nSPS) is 14.9. The van der Waals surface area contributed by atoms with Crippen molar-refractivity contribution in [3.63, 3.8) is 0 Å². The average Bonchev–Trinajstić information content (AvgIpc) is 2.74. The first-order chi connectivity index (χ1) is 7.45. The smallest absolute Gasteiger partial charge is 0.117 e. The third-order valence-corrected chi connectivity index (χ3v) is 2.98. The van der Waals surface area contributed by atoms with Crippen LogP contribution in [0, 0.1) is 6.20 Å². The predicted octanol–water partition coefficient (Wildman–Crippen LogP) is 2.55. The van der Waals surface area contributed by atoms with Crippen molar-refractivity contribution in [2.24, 2.45) is 0 Å². The number of rotatable bonds is 1. The van der Waals surface area contributed by atoms with Gasteiger partial charge in [-0.1, -0.05) is 18.2 Å². The highest BCUT2D eigenvalue weighted by Crippen LogP contribution is 2.22. The second kappa shape index (κ2) is 3.54. The highest BCUT2D eigenvalue weighted by atomic mass is 15.3. The van der Waals surface area contributed by atoms with Crippen LogP contribution in [0.2, 0.25) is 0 Å². The van der Waals surface area contributed by atoms with Crippen LogP contribution >= 0.6 is 0 Å². The minimum atomic E-state index is 1.14. The molecule has 0 saturated carbocycles. The molecule has 2 heteroatoms. The van der Waals surface area contributed by atoms with E-state index in [0.717, 1.165) is 18.5 Å². The van der Waals surface area contributed by atoms with Crippen molar-refractivity contribution >= 4 is 0 Å². The summed E-state index contributed by atoms with van der Waals surface area (Å²) >= 11 is 0. The number of hydrogen-bond acceptors (Lipinski definition) is 1. The van der Waals surface area contributed by atoms with Crippen molar-refractivity contribution < 1.29 is 0 Å². The highest BCUT2D eigenvalue weighted by Gasteiger charge is 2.15. The third-order valence-electron chi connectivity index (χ3n) is 2.98. The van der Waals surface area contributed by atoms with Gasteiger partial charge in [0.15, 0.2) is 0 Å². The molecule has 1 aliphatic carbocycles. The summed E-state index contributed by atoms with van der Waals surface area (Å²) in [5.41, 5.74) is 3.81. The SMILES string of the molecule is [c]1nn(-c2ccccc2)c2c1CCCC2. The predicted molar refractivity (Wildman–Crippen MR) is 59.0 cm³/mol. The van der Waals surface area contributed by atoms with Crippen molar-refractivity contribution in [2.75, 3.05) is 0 Å². The largest absolute Gasteiger partial charge is 0.237 e. The minimum Gasteiger partial charge on any atom is -0.237 e. The van der Waals surface area contributed by atoms with Crippen LogP contribution in [0.1, 0.15) is 24.1 Å². The highest BCUT2D eigenvalue weighted by molar-refractivity contribution is 5.35. The zero-order valence-electron chi connectivity index (χ0n) is 8.61. The molecule has 0 atom stereocenters. The number of nitrogens with zero attached hydrogens (tertiary/aromatic N) is 2. The van der Waals surface area contributed by atoms with E-state index in [1.165, 1.54) is 24.1 Å². The zero-order valence-corrected chi connectivity index (χ0v) is 8.61. The van der Waals surface area contributed by atoms with Gasteiger partial charge in [-0.05, 0) is 37.8 Å². The quantitative estimate of drug-likeness (QED) is 0.687. The van der Waals surface area contributed by atoms with E-state index >= 15 is 0 Å². The van der Waals surface area contributed by atoms with Gasteiger partial charge in [0.05, 0.1) is 5.69 Å². The molecule has 0 bridgehead atoms. The first-order valence-electron chi connectivity index (χ1n) is 5.49. The van der Waals surface area contributed by atoms with E-state index in [1.807, 2.05) is 22.9 Å². The molecule has 1 aromatic heterocycles. The fourth-order valence-corrected chi connectivity index (χ4v) is 2.20. The van der Waals surface area contributed by atoms with E-state index in [-0.39, 0.29) is 0 Å². The van der Waals surface area contributed by atoms with E-state index in [0.29, 0.717) is 0 Å². The lowest BCUT2D eigenvalue weighted by Crippen LogP contribution is -2.07. The number of benzene rings is 1. The first kappa shape index (κ1) is 8.72. The Kier molecular flexibility index (Phi) is 2.05. The molecule has 1 aliphatic rings. The summed E-state index contributed by atoms with van der Waals surface area (Å²) in [4.78, 5) is 0. The van der Waals surface area contributed by atoms with Crippen molar-refractivity contribution in [1.82, 2.24) is 9.78 Å². The maximum atomic E-state index is 4.36. The van der Waals surface area contributed by atoms with Crippen LogP contribution in [-0.2, 0) is 12.8 Å². The van der Waals surface area contributed by atoms with E-state index in [4.69, 9.17) is 0 Å². The monoisotopic (exact) mass is 197 g/mol. The van der Waals surface area contributed by atoms with E-state index in [2.05, 4.69) is 23.4 Å². The van der Waals surface area contributed by atoms with Gasteiger partial charge >= 0.3 is 0 Å². The summed E-state index contributed by atoms with van der Waals surface area (Å²) in [5, 5.41) is 4.36. The molecular formula is C13H13N2. The fourth-order valence-electron chi connectivity index (χ4n) is 2.20. The van der Waals surface area contributed by atoms with Crippen LogP contribution in [0.15, 0.2) is 30.3 Å². The van der Waals surface area contributed by atoms with Crippen molar-refractivity contribution in [3.05, 3.63) is 47.8 Å². The Morgan fingerprint density at radius 3 is 2.73 bits per heavy atom. The Morgan fingerprint density at radius 2 is 1.87 bits per heavy atom. The van der Waals surface area contributed by atoms with Crippen LogP contribution < -0.4 is 0 Å². The molecular weight excluding hydrogens is 184 g/mol. The minimum absolute atomic E-state index is 1.14. The Bertz CT molecular complexity index is 457. The van der Waals surface area contributed by atoms with E-state index in [9.17, 15) is 0 Å². The zero-order chi connectivity index (χ0) is 10.1. The Hall–Kier alpha value is -1.57. The van der Waals surface area contributed by atoms with E-state index in [1.54, 1.807) is 0 Å². The molecule has 0 N–H and O–H groups in total. The standard InChI is InChI=1S/C13H13N2/c1-2-7-12(8-3-1)15-13-9-5-4-6-11(13)10-14-15/h1-3,7-8H,4-6,9H2. The lowest BCUT2D eigenvalue weighted by molar-refractivity contribution is 0.653. The molecule has 0 saturated heterocycles. The van der Waals surface area contributed by atoms with Crippen molar-refractivity contribution in [2.45, 2.75) is 25.7 Å². The topological polar surface area (TPSA) is 17.8 Å². The molecule has 75 valence electrons. The average molecular weight is 197 g/mol. The molecule has 0 aliphatic heterocycles. The van der Waals surface area contributed by atoms with Crippen LogP contribution in [0.4, 0.5) is 0 Å². The van der Waals surface area contributed by atoms with Crippen LogP contribution in [-0.4, -0.2) is 9.78 Å². The third kappa shape index (κ3) is 1.46. The van der Waals surface area contributed by atoms with Gasteiger partial charge in [-0.25, -0.2) is 4.68 Å². The molecule has 3 rings (SSSR count). The van der Waals surface area contributed by atoms with Gasteiger partial charge < -0.3 is 0 Å². The molecule has 2 nitrogen and oxygen atoms in total. The van der Waals surface area contributed by atoms with Crippen molar-refractivity contribution in [3.8, 4) is 5.69 Å². The Morgan fingerprint density at radius 1 is 1.07 bits per heavy atom. The summed E-state index contributed by atoms with van der Waals surface area (Å²) in [7, 11) is 0. The Labute approximate surface area is 89.5 Å². The first-order valence-corrected chi connectivity index (χ1v) is 5.49. The van der Waals surface area contributed by atoms with Crippen molar-refractivity contribution in [1.29, 1.82) is 0 Å². The number of fused-ring (bicyclic) bond motifs is 1. The summed E-state index contributed by atoms with van der Waals surface area (Å²) in [6, 6.07) is 10.3. The number of hydrogen-bond donors (Lipinski definition) is 0. The van der Waals surface area contributed by atoms with Gasteiger partial charge in [0, 0.05) is 11.3 Å². The van der Waals surface area contributed by atoms with Gasteiger partial charge in [0.2, 0.25) is 0 Å². The molecule has 15 heavy (non-hydrogen) atoms. The fraction of sp³-hybridized carbons (Fsp3) is 0.308. The van der Waals surface area contributed by atoms with Crippen LogP contribution in [0.3, 0.4) is 0 Å². The molecule has 0 fully saturated rings. The van der Waals surface area contributed by atoms with Gasteiger partial charge in [0.1, 0.15) is 6.20 Å². The van der Waals surface area contributed by atoms with E-state index < -0.39 is 0 Å². The lowest BCUT2D eigenvalue weighted by atomic mass is 9.98. The Balaban J connectivity index is 2.09. The summed E-state index contributed by atoms with van der Waals surface area (Å²) in [6.45, 7) is 0. The summed E-state index contributed by atoms with van der Waals surface area (Å²) in [5.74, 6) is 0.